The zero-order valence-corrected chi connectivity index (χ0v) is 7.40. The minimum atomic E-state index is 0.687. The first-order valence-corrected chi connectivity index (χ1v) is 4.65. The van der Waals surface area contributed by atoms with Crippen molar-refractivity contribution in [3.8, 4) is 0 Å². The van der Waals surface area contributed by atoms with Gasteiger partial charge in [0.15, 0.2) is 0 Å². The van der Waals surface area contributed by atoms with E-state index in [9.17, 15) is 0 Å². The van der Waals surface area contributed by atoms with Crippen LogP contribution in [0.15, 0.2) is 24.4 Å². The van der Waals surface area contributed by atoms with Crippen LogP contribution < -0.4 is 0 Å². The van der Waals surface area contributed by atoms with E-state index >= 15 is 0 Å². The zero-order chi connectivity index (χ0) is 8.84. The summed E-state index contributed by atoms with van der Waals surface area (Å²) in [6.45, 7) is 4.07. The Labute approximate surface area is 77.2 Å². The third-order valence-electron chi connectivity index (χ3n) is 2.62. The second kappa shape index (κ2) is 2.34. The van der Waals surface area contributed by atoms with Crippen LogP contribution in [0.25, 0.3) is 5.65 Å². The quantitative estimate of drug-likeness (QED) is 0.644. The first-order valence-electron chi connectivity index (χ1n) is 4.65. The molecular weight excluding hydrogens is 160 g/mol. The second-order valence-electron chi connectivity index (χ2n) is 3.65. The van der Waals surface area contributed by atoms with Crippen molar-refractivity contribution in [3.05, 3.63) is 42.7 Å². The highest BCUT2D eigenvalue weighted by molar-refractivity contribution is 5.45. The molecule has 13 heavy (non-hydrogen) atoms. The predicted molar refractivity (Wildman–Crippen MR) is 51.6 cm³/mol. The van der Waals surface area contributed by atoms with Gasteiger partial charge in [0.25, 0.3) is 0 Å². The maximum atomic E-state index is 4.57. The van der Waals surface area contributed by atoms with Crippen molar-refractivity contribution in [3.63, 3.8) is 0 Å². The Bertz CT molecular complexity index is 452. The van der Waals surface area contributed by atoms with Gasteiger partial charge in [-0.1, -0.05) is 6.07 Å². The van der Waals surface area contributed by atoms with Gasteiger partial charge in [0.2, 0.25) is 0 Å². The Kier molecular flexibility index (Phi) is 1.29. The molecule has 0 saturated heterocycles. The van der Waals surface area contributed by atoms with Crippen LogP contribution in [0.5, 0.6) is 0 Å². The average molecular weight is 171 g/mol. The predicted octanol–water partition coefficient (Wildman–Crippen LogP) is 2.39. The number of rotatable bonds is 1. The SMILES string of the molecule is [CH2]c1c(C2CC2)nc2ccccn12. The fourth-order valence-electron chi connectivity index (χ4n) is 1.75. The Morgan fingerprint density at radius 1 is 1.38 bits per heavy atom. The number of aromatic nitrogens is 2. The molecule has 0 unspecified atom stereocenters. The van der Waals surface area contributed by atoms with Gasteiger partial charge in [0, 0.05) is 17.8 Å². The molecule has 0 aliphatic heterocycles. The van der Waals surface area contributed by atoms with Gasteiger partial charge < -0.3 is 4.40 Å². The van der Waals surface area contributed by atoms with Crippen LogP contribution in [0.1, 0.15) is 30.1 Å². The largest absolute Gasteiger partial charge is 0.304 e. The maximum Gasteiger partial charge on any atom is 0.137 e. The molecule has 1 saturated carbocycles. The number of fused-ring (bicyclic) bond motifs is 1. The summed E-state index contributed by atoms with van der Waals surface area (Å²) in [5.74, 6) is 0.687. The number of hydrogen-bond acceptors (Lipinski definition) is 1. The van der Waals surface area contributed by atoms with Gasteiger partial charge in [-0.3, -0.25) is 0 Å². The monoisotopic (exact) mass is 171 g/mol. The third-order valence-corrected chi connectivity index (χ3v) is 2.62. The molecule has 0 atom stereocenters. The van der Waals surface area contributed by atoms with E-state index in [-0.39, 0.29) is 0 Å². The van der Waals surface area contributed by atoms with Crippen molar-refractivity contribution in [1.29, 1.82) is 0 Å². The van der Waals surface area contributed by atoms with Gasteiger partial charge in [0.05, 0.1) is 5.69 Å². The molecule has 1 fully saturated rings. The molecule has 0 bridgehead atoms. The summed E-state index contributed by atoms with van der Waals surface area (Å²) >= 11 is 0. The topological polar surface area (TPSA) is 17.3 Å². The van der Waals surface area contributed by atoms with E-state index in [0.29, 0.717) is 5.92 Å². The molecule has 2 nitrogen and oxygen atoms in total. The molecule has 1 aliphatic rings. The van der Waals surface area contributed by atoms with Gasteiger partial charge in [0.1, 0.15) is 5.65 Å². The van der Waals surface area contributed by atoms with E-state index in [1.807, 2.05) is 24.4 Å². The molecule has 1 radical (unpaired) electrons. The Hall–Kier alpha value is -1.31. The minimum Gasteiger partial charge on any atom is -0.304 e. The van der Waals surface area contributed by atoms with Gasteiger partial charge in [-0.05, 0) is 31.9 Å². The fraction of sp³-hybridized carbons (Fsp3) is 0.273. The first-order chi connectivity index (χ1) is 6.36. The van der Waals surface area contributed by atoms with Crippen molar-refractivity contribution in [2.45, 2.75) is 18.8 Å². The maximum absolute atomic E-state index is 4.57. The van der Waals surface area contributed by atoms with Crippen LogP contribution in [0.3, 0.4) is 0 Å². The van der Waals surface area contributed by atoms with Crippen LogP contribution in [-0.2, 0) is 0 Å². The van der Waals surface area contributed by atoms with Gasteiger partial charge in [-0.15, -0.1) is 0 Å². The third kappa shape index (κ3) is 0.981. The number of nitrogens with zero attached hydrogens (tertiary/aromatic N) is 2. The first kappa shape index (κ1) is 7.13. The van der Waals surface area contributed by atoms with E-state index in [4.69, 9.17) is 0 Å². The van der Waals surface area contributed by atoms with E-state index in [1.54, 1.807) is 0 Å². The van der Waals surface area contributed by atoms with Crippen molar-refractivity contribution in [1.82, 2.24) is 9.38 Å². The van der Waals surface area contributed by atoms with Crippen LogP contribution in [0, 0.1) is 6.92 Å². The molecule has 0 amide bonds. The Balaban J connectivity index is 2.30. The van der Waals surface area contributed by atoms with E-state index in [1.165, 1.54) is 18.5 Å². The normalized spacial score (nSPS) is 16.7. The van der Waals surface area contributed by atoms with Crippen molar-refractivity contribution >= 4 is 5.65 Å². The molecule has 2 aromatic heterocycles. The summed E-state index contributed by atoms with van der Waals surface area (Å²) in [6.07, 6.45) is 4.59. The van der Waals surface area contributed by atoms with Crippen LogP contribution >= 0.6 is 0 Å². The average Bonchev–Trinajstić information content (AvgIpc) is 2.94. The van der Waals surface area contributed by atoms with Crippen LogP contribution in [0.2, 0.25) is 0 Å². The smallest absolute Gasteiger partial charge is 0.137 e. The molecule has 3 rings (SSSR count). The molecule has 65 valence electrons. The molecule has 1 aliphatic carbocycles. The molecule has 2 aromatic rings. The minimum absolute atomic E-state index is 0.687. The number of hydrogen-bond donors (Lipinski definition) is 0. The summed E-state index contributed by atoms with van der Waals surface area (Å²) in [5, 5.41) is 0. The number of imidazole rings is 1. The molecular formula is C11H11N2. The van der Waals surface area contributed by atoms with E-state index in [2.05, 4.69) is 16.3 Å². The molecule has 2 heteroatoms. The lowest BCUT2D eigenvalue weighted by Gasteiger charge is -1.94. The zero-order valence-electron chi connectivity index (χ0n) is 7.40. The van der Waals surface area contributed by atoms with Gasteiger partial charge >= 0.3 is 0 Å². The summed E-state index contributed by atoms with van der Waals surface area (Å²) in [7, 11) is 0. The summed E-state index contributed by atoms with van der Waals surface area (Å²) < 4.78 is 2.06. The van der Waals surface area contributed by atoms with Crippen molar-refractivity contribution in [2.24, 2.45) is 0 Å². The Morgan fingerprint density at radius 2 is 2.23 bits per heavy atom. The van der Waals surface area contributed by atoms with E-state index in [0.717, 1.165) is 11.3 Å². The molecule has 2 heterocycles. The lowest BCUT2D eigenvalue weighted by molar-refractivity contribution is 1.04. The number of pyridine rings is 1. The van der Waals surface area contributed by atoms with Crippen LogP contribution in [-0.4, -0.2) is 9.38 Å². The van der Waals surface area contributed by atoms with Crippen molar-refractivity contribution < 1.29 is 0 Å². The highest BCUT2D eigenvalue weighted by atomic mass is 15.0. The Morgan fingerprint density at radius 3 is 2.92 bits per heavy atom. The van der Waals surface area contributed by atoms with Crippen LogP contribution in [0.4, 0.5) is 0 Å². The lowest BCUT2D eigenvalue weighted by Crippen LogP contribution is -1.86. The fourth-order valence-corrected chi connectivity index (χ4v) is 1.75. The molecule has 0 aromatic carbocycles. The molecule has 0 spiro atoms. The van der Waals surface area contributed by atoms with Crippen molar-refractivity contribution in [2.75, 3.05) is 0 Å². The summed E-state index contributed by atoms with van der Waals surface area (Å²) in [5.41, 5.74) is 3.29. The van der Waals surface area contributed by atoms with Gasteiger partial charge in [-0.25, -0.2) is 4.98 Å². The highest BCUT2D eigenvalue weighted by Crippen LogP contribution is 2.40. The highest BCUT2D eigenvalue weighted by Gasteiger charge is 2.28. The standard InChI is InChI=1S/C11H11N2/c1-8-11(9-5-6-9)12-10-4-2-3-7-13(8)10/h2-4,7,9H,1,5-6H2. The van der Waals surface area contributed by atoms with Gasteiger partial charge in [-0.2, -0.15) is 0 Å². The summed E-state index contributed by atoms with van der Waals surface area (Å²) in [6, 6.07) is 6.05. The summed E-state index contributed by atoms with van der Waals surface area (Å²) in [4.78, 5) is 4.57. The lowest BCUT2D eigenvalue weighted by atomic mass is 10.2. The van der Waals surface area contributed by atoms with E-state index < -0.39 is 0 Å². The molecule has 0 N–H and O–H groups in total. The second-order valence-corrected chi connectivity index (χ2v) is 3.65.